The molecule has 0 saturated carbocycles. The van der Waals surface area contributed by atoms with Crippen molar-refractivity contribution in [2.45, 2.75) is 25.7 Å². The van der Waals surface area contributed by atoms with Crippen LogP contribution in [0.2, 0.25) is 0 Å². The number of nitrogens with one attached hydrogen (secondary N) is 1. The van der Waals surface area contributed by atoms with Crippen molar-refractivity contribution in [2.75, 3.05) is 13.1 Å². The van der Waals surface area contributed by atoms with E-state index in [-0.39, 0.29) is 5.82 Å². The Bertz CT molecular complexity index is 654. The number of hydrogen-bond acceptors (Lipinski definition) is 2. The summed E-state index contributed by atoms with van der Waals surface area (Å²) in [7, 11) is 0. The molecule has 0 saturated heterocycles. The van der Waals surface area contributed by atoms with E-state index in [4.69, 9.17) is 0 Å². The van der Waals surface area contributed by atoms with E-state index in [0.717, 1.165) is 30.6 Å². The summed E-state index contributed by atoms with van der Waals surface area (Å²) in [6.07, 6.45) is 1.49. The maximum Gasteiger partial charge on any atom is 0.123 e. The van der Waals surface area contributed by atoms with Gasteiger partial charge in [-0.3, -0.25) is 0 Å². The molecule has 0 fully saturated rings. The topological polar surface area (TPSA) is 32.3 Å². The van der Waals surface area contributed by atoms with E-state index in [2.05, 4.69) is 18.3 Å². The van der Waals surface area contributed by atoms with Crippen LogP contribution in [-0.2, 0) is 12.8 Å². The summed E-state index contributed by atoms with van der Waals surface area (Å²) in [4.78, 5) is 0. The highest BCUT2D eigenvalue weighted by molar-refractivity contribution is 5.46. The van der Waals surface area contributed by atoms with Gasteiger partial charge in [0.2, 0.25) is 0 Å². The first-order valence-corrected chi connectivity index (χ1v) is 7.43. The number of benzene rings is 2. The molecular weight excluding hydrogens is 265 g/mol. The summed E-state index contributed by atoms with van der Waals surface area (Å²) in [6.45, 7) is 4.09. The van der Waals surface area contributed by atoms with Gasteiger partial charge in [-0.1, -0.05) is 25.1 Å². The lowest BCUT2D eigenvalue weighted by molar-refractivity contribution is 0.468. The van der Waals surface area contributed by atoms with Crippen molar-refractivity contribution in [3.8, 4) is 5.75 Å². The van der Waals surface area contributed by atoms with E-state index in [1.54, 1.807) is 6.07 Å². The van der Waals surface area contributed by atoms with Crippen LogP contribution < -0.4 is 5.32 Å². The summed E-state index contributed by atoms with van der Waals surface area (Å²) in [6, 6.07) is 10.5. The molecule has 1 aliphatic rings. The Balaban J connectivity index is 1.96. The molecule has 2 aromatic rings. The highest BCUT2D eigenvalue weighted by Crippen LogP contribution is 2.30. The normalized spacial score (nSPS) is 18.1. The van der Waals surface area contributed by atoms with Crippen molar-refractivity contribution < 1.29 is 9.50 Å². The Morgan fingerprint density at radius 3 is 2.95 bits per heavy atom. The second-order valence-electron chi connectivity index (χ2n) is 5.84. The predicted molar refractivity (Wildman–Crippen MR) is 82.3 cm³/mol. The fourth-order valence-corrected chi connectivity index (χ4v) is 3.03. The van der Waals surface area contributed by atoms with Gasteiger partial charge in [0, 0.05) is 13.0 Å². The number of aromatic hydroxyl groups is 1. The van der Waals surface area contributed by atoms with Crippen LogP contribution in [0.4, 0.5) is 4.39 Å². The lowest BCUT2D eigenvalue weighted by Gasteiger charge is -2.15. The molecule has 110 valence electrons. The summed E-state index contributed by atoms with van der Waals surface area (Å²) < 4.78 is 13.3. The van der Waals surface area contributed by atoms with Crippen LogP contribution in [0.5, 0.6) is 5.75 Å². The minimum absolute atomic E-state index is 0.237. The molecule has 2 N–H and O–H groups in total. The molecule has 1 heterocycles. The zero-order chi connectivity index (χ0) is 14.8. The molecule has 0 aromatic heterocycles. The fraction of sp³-hybridized carbons (Fsp3) is 0.333. The molecule has 2 nitrogen and oxygen atoms in total. The second kappa shape index (κ2) is 5.86. The van der Waals surface area contributed by atoms with Gasteiger partial charge >= 0.3 is 0 Å². The third kappa shape index (κ3) is 3.08. The Hall–Kier alpha value is -1.87. The first-order chi connectivity index (χ1) is 10.1. The fourth-order valence-electron chi connectivity index (χ4n) is 3.03. The molecule has 0 bridgehead atoms. The molecule has 0 radical (unpaired) electrons. The van der Waals surface area contributed by atoms with Crippen molar-refractivity contribution in [1.82, 2.24) is 5.32 Å². The van der Waals surface area contributed by atoms with Gasteiger partial charge in [0.25, 0.3) is 0 Å². The minimum atomic E-state index is -0.237. The first-order valence-electron chi connectivity index (χ1n) is 7.43. The van der Waals surface area contributed by atoms with Crippen LogP contribution >= 0.6 is 0 Å². The summed E-state index contributed by atoms with van der Waals surface area (Å²) >= 11 is 0. The Morgan fingerprint density at radius 2 is 2.14 bits per heavy atom. The molecule has 3 rings (SSSR count). The molecule has 3 heteroatoms. The largest absolute Gasteiger partial charge is 0.508 e. The van der Waals surface area contributed by atoms with Crippen LogP contribution in [0.15, 0.2) is 36.4 Å². The number of halogens is 1. The minimum Gasteiger partial charge on any atom is -0.508 e. The zero-order valence-corrected chi connectivity index (χ0v) is 12.2. The smallest absolute Gasteiger partial charge is 0.123 e. The highest BCUT2D eigenvalue weighted by atomic mass is 19.1. The van der Waals surface area contributed by atoms with E-state index in [9.17, 15) is 9.50 Å². The molecule has 0 amide bonds. The van der Waals surface area contributed by atoms with Gasteiger partial charge < -0.3 is 10.4 Å². The van der Waals surface area contributed by atoms with E-state index in [0.29, 0.717) is 18.1 Å². The Morgan fingerprint density at radius 1 is 1.29 bits per heavy atom. The molecule has 1 atom stereocenters. The first kappa shape index (κ1) is 14.1. The van der Waals surface area contributed by atoms with E-state index in [1.807, 2.05) is 12.1 Å². The average molecular weight is 285 g/mol. The Kier molecular flexibility index (Phi) is 3.93. The lowest BCUT2D eigenvalue weighted by atomic mass is 9.91. The molecule has 1 aliphatic heterocycles. The molecule has 2 aromatic carbocycles. The summed E-state index contributed by atoms with van der Waals surface area (Å²) in [5.74, 6) is 0.501. The van der Waals surface area contributed by atoms with E-state index < -0.39 is 0 Å². The SMILES string of the molecule is C[C@@H]1CNCCc2cc(O)c(Cc3cccc(F)c3)cc21. The second-order valence-corrected chi connectivity index (χ2v) is 5.84. The quantitative estimate of drug-likeness (QED) is 0.886. The number of phenolic OH excluding ortho intramolecular Hbond substituents is 1. The number of hydrogen-bond donors (Lipinski definition) is 2. The summed E-state index contributed by atoms with van der Waals surface area (Å²) in [5.41, 5.74) is 4.26. The highest BCUT2D eigenvalue weighted by Gasteiger charge is 2.17. The maximum absolute atomic E-state index is 13.3. The number of rotatable bonds is 2. The average Bonchev–Trinajstić information content (AvgIpc) is 2.62. The van der Waals surface area contributed by atoms with Crippen molar-refractivity contribution in [2.24, 2.45) is 0 Å². The van der Waals surface area contributed by atoms with Gasteiger partial charge in [-0.15, -0.1) is 0 Å². The molecule has 0 spiro atoms. The Labute approximate surface area is 124 Å². The van der Waals surface area contributed by atoms with E-state index in [1.165, 1.54) is 23.3 Å². The number of fused-ring (bicyclic) bond motifs is 1. The predicted octanol–water partition coefficient (Wildman–Crippen LogP) is 3.37. The molecule has 21 heavy (non-hydrogen) atoms. The van der Waals surface area contributed by atoms with Crippen molar-refractivity contribution in [1.29, 1.82) is 0 Å². The van der Waals surface area contributed by atoms with E-state index >= 15 is 0 Å². The monoisotopic (exact) mass is 285 g/mol. The lowest BCUT2D eigenvalue weighted by Crippen LogP contribution is -2.18. The van der Waals surface area contributed by atoms with Gasteiger partial charge in [0.05, 0.1) is 0 Å². The van der Waals surface area contributed by atoms with Crippen LogP contribution in [0.1, 0.15) is 35.1 Å². The molecular formula is C18H20FNO. The third-order valence-electron chi connectivity index (χ3n) is 4.18. The molecule has 0 unspecified atom stereocenters. The third-order valence-corrected chi connectivity index (χ3v) is 4.18. The van der Waals surface area contributed by atoms with Gasteiger partial charge in [0.1, 0.15) is 11.6 Å². The van der Waals surface area contributed by atoms with Crippen LogP contribution in [0.3, 0.4) is 0 Å². The van der Waals surface area contributed by atoms with Crippen LogP contribution in [-0.4, -0.2) is 18.2 Å². The van der Waals surface area contributed by atoms with Crippen molar-refractivity contribution in [3.63, 3.8) is 0 Å². The van der Waals surface area contributed by atoms with Gasteiger partial charge in [0.15, 0.2) is 0 Å². The summed E-state index contributed by atoms with van der Waals surface area (Å²) in [5, 5.41) is 13.7. The van der Waals surface area contributed by atoms with Crippen LogP contribution in [0, 0.1) is 5.82 Å². The van der Waals surface area contributed by atoms with Gasteiger partial charge in [-0.25, -0.2) is 4.39 Å². The standard InChI is InChI=1S/C18H20FNO/c1-12-11-20-6-5-14-10-18(21)15(9-17(12)14)7-13-3-2-4-16(19)8-13/h2-4,8-10,12,20-21H,5-7,11H2,1H3/t12-/m1/s1. The van der Waals surface area contributed by atoms with Gasteiger partial charge in [-0.05, 0) is 59.3 Å². The number of phenols is 1. The van der Waals surface area contributed by atoms with Crippen molar-refractivity contribution in [3.05, 3.63) is 64.5 Å². The molecule has 0 aliphatic carbocycles. The van der Waals surface area contributed by atoms with Gasteiger partial charge in [-0.2, -0.15) is 0 Å². The van der Waals surface area contributed by atoms with Crippen LogP contribution in [0.25, 0.3) is 0 Å². The maximum atomic E-state index is 13.3. The zero-order valence-electron chi connectivity index (χ0n) is 12.2. The van der Waals surface area contributed by atoms with Crippen molar-refractivity contribution >= 4 is 0 Å².